The van der Waals surface area contributed by atoms with E-state index in [2.05, 4.69) is 38.1 Å². The van der Waals surface area contributed by atoms with Crippen LogP contribution in [0, 0.1) is 6.92 Å². The van der Waals surface area contributed by atoms with Gasteiger partial charge >= 0.3 is 5.97 Å². The van der Waals surface area contributed by atoms with E-state index in [9.17, 15) is 4.79 Å². The molecule has 0 aliphatic heterocycles. The quantitative estimate of drug-likeness (QED) is 0.211. The van der Waals surface area contributed by atoms with Gasteiger partial charge in [0.2, 0.25) is 0 Å². The summed E-state index contributed by atoms with van der Waals surface area (Å²) >= 11 is 0. The highest BCUT2D eigenvalue weighted by molar-refractivity contribution is 5.69. The van der Waals surface area contributed by atoms with Crippen molar-refractivity contribution in [2.24, 2.45) is 0 Å². The van der Waals surface area contributed by atoms with Crippen molar-refractivity contribution >= 4 is 5.97 Å². The lowest BCUT2D eigenvalue weighted by molar-refractivity contribution is -0.143. The highest BCUT2D eigenvalue weighted by Crippen LogP contribution is 2.35. The van der Waals surface area contributed by atoms with E-state index >= 15 is 0 Å². The van der Waals surface area contributed by atoms with Gasteiger partial charge in [-0.25, -0.2) is 0 Å². The predicted octanol–water partition coefficient (Wildman–Crippen LogP) is 7.64. The van der Waals surface area contributed by atoms with Crippen LogP contribution in [-0.2, 0) is 28.8 Å². The Morgan fingerprint density at radius 2 is 1.68 bits per heavy atom. The number of rotatable bonds is 14. The van der Waals surface area contributed by atoms with Gasteiger partial charge in [-0.05, 0) is 92.6 Å². The smallest absolute Gasteiger partial charge is 0.306 e. The average Bonchev–Trinajstić information content (AvgIpc) is 2.90. The summed E-state index contributed by atoms with van der Waals surface area (Å²) in [5.74, 6) is 2.96. The molecular weight excluding hydrogens is 464 g/mol. The van der Waals surface area contributed by atoms with Crippen LogP contribution in [-0.4, -0.2) is 25.3 Å². The second-order valence-corrected chi connectivity index (χ2v) is 9.16. The Morgan fingerprint density at radius 3 is 2.41 bits per heavy atom. The molecule has 3 aromatic carbocycles. The molecule has 37 heavy (non-hydrogen) atoms. The second kappa shape index (κ2) is 14.3. The van der Waals surface area contributed by atoms with Gasteiger partial charge in [0.05, 0.1) is 19.3 Å². The Labute approximate surface area is 221 Å². The summed E-state index contributed by atoms with van der Waals surface area (Å²) in [4.78, 5) is 11.7. The van der Waals surface area contributed by atoms with Crippen molar-refractivity contribution < 1.29 is 23.7 Å². The fraction of sp³-hybridized carbons (Fsp3) is 0.406. The first kappa shape index (κ1) is 28.1. The number of aryl methyl sites for hydroxylation is 4. The van der Waals surface area contributed by atoms with E-state index in [1.54, 1.807) is 0 Å². The third kappa shape index (κ3) is 8.56. The van der Waals surface area contributed by atoms with Crippen LogP contribution >= 0.6 is 0 Å². The van der Waals surface area contributed by atoms with E-state index in [-0.39, 0.29) is 12.1 Å². The summed E-state index contributed by atoms with van der Waals surface area (Å²) in [6.45, 7) is 11.1. The molecule has 0 heterocycles. The average molecular weight is 505 g/mol. The third-order valence-corrected chi connectivity index (χ3v) is 6.31. The van der Waals surface area contributed by atoms with Gasteiger partial charge in [0.1, 0.15) is 11.5 Å². The molecule has 3 aromatic rings. The number of hydrogen-bond acceptors (Lipinski definition) is 5. The summed E-state index contributed by atoms with van der Waals surface area (Å²) in [5.41, 5.74) is 4.64. The minimum atomic E-state index is -0.157. The Balaban J connectivity index is 1.57. The molecule has 0 aromatic heterocycles. The number of para-hydroxylation sites is 1. The number of ether oxygens (including phenoxy) is 4. The largest absolute Gasteiger partial charge is 0.493 e. The molecule has 0 saturated heterocycles. The summed E-state index contributed by atoms with van der Waals surface area (Å²) in [7, 11) is 0. The minimum Gasteiger partial charge on any atom is -0.493 e. The van der Waals surface area contributed by atoms with E-state index in [1.165, 1.54) is 11.1 Å². The van der Waals surface area contributed by atoms with Gasteiger partial charge in [0.25, 0.3) is 0 Å². The van der Waals surface area contributed by atoms with Gasteiger partial charge in [0, 0.05) is 12.8 Å². The van der Waals surface area contributed by atoms with Gasteiger partial charge in [-0.15, -0.1) is 0 Å². The molecule has 0 bridgehead atoms. The molecule has 0 spiro atoms. The maximum Gasteiger partial charge on any atom is 0.306 e. The number of benzene rings is 3. The zero-order valence-corrected chi connectivity index (χ0v) is 22.8. The molecule has 0 aliphatic carbocycles. The zero-order chi connectivity index (χ0) is 26.6. The standard InChI is InChI=1S/C32H40O5/c1-6-25-13-17-30(31(21-25)37-29-12-10-9-11-23(29)4)36-24(5)19-20-35-28-16-14-27(26(7-2)22-28)15-18-32(33)34-8-3/h9-14,16-17,21-22,24H,6-8,15,18-20H2,1-5H3/t24-/m1/s1. The number of hydrogen-bond donors (Lipinski definition) is 0. The fourth-order valence-corrected chi connectivity index (χ4v) is 4.09. The van der Waals surface area contributed by atoms with Crippen LogP contribution in [0.1, 0.15) is 62.8 Å². The van der Waals surface area contributed by atoms with E-state index in [0.717, 1.165) is 53.4 Å². The van der Waals surface area contributed by atoms with E-state index in [4.69, 9.17) is 18.9 Å². The first-order valence-electron chi connectivity index (χ1n) is 13.4. The van der Waals surface area contributed by atoms with Gasteiger partial charge < -0.3 is 18.9 Å². The first-order valence-corrected chi connectivity index (χ1v) is 13.4. The molecule has 0 radical (unpaired) electrons. The normalized spacial score (nSPS) is 11.6. The van der Waals surface area contributed by atoms with Crippen LogP contribution in [0.5, 0.6) is 23.0 Å². The first-order chi connectivity index (χ1) is 17.9. The van der Waals surface area contributed by atoms with Gasteiger partial charge in [-0.3, -0.25) is 4.79 Å². The maximum absolute atomic E-state index is 11.7. The Bertz CT molecular complexity index is 1150. The van der Waals surface area contributed by atoms with E-state index < -0.39 is 0 Å². The summed E-state index contributed by atoms with van der Waals surface area (Å²) in [6.07, 6.45) is 3.55. The SMILES string of the molecule is CCOC(=O)CCc1ccc(OCC[C@@H](C)Oc2ccc(CC)cc2Oc2ccccc2C)cc1CC. The molecule has 0 unspecified atom stereocenters. The Morgan fingerprint density at radius 1 is 0.865 bits per heavy atom. The van der Waals surface area contributed by atoms with E-state index in [1.807, 2.05) is 57.2 Å². The Hall–Kier alpha value is -3.47. The molecule has 0 aliphatic rings. The molecule has 3 rings (SSSR count). The predicted molar refractivity (Wildman–Crippen MR) is 148 cm³/mol. The van der Waals surface area contributed by atoms with Crippen LogP contribution in [0.3, 0.4) is 0 Å². The highest BCUT2D eigenvalue weighted by Gasteiger charge is 2.13. The topological polar surface area (TPSA) is 54.0 Å². The molecule has 0 saturated carbocycles. The maximum atomic E-state index is 11.7. The molecule has 0 amide bonds. The number of carbonyl (C=O) groups is 1. The van der Waals surface area contributed by atoms with Crippen LogP contribution in [0.25, 0.3) is 0 Å². The molecule has 5 nitrogen and oxygen atoms in total. The lowest BCUT2D eigenvalue weighted by Crippen LogP contribution is -2.16. The van der Waals surface area contributed by atoms with Crippen LogP contribution in [0.4, 0.5) is 0 Å². The fourth-order valence-electron chi connectivity index (χ4n) is 4.09. The minimum absolute atomic E-state index is 0.0545. The van der Waals surface area contributed by atoms with Crippen molar-refractivity contribution in [2.45, 2.75) is 72.8 Å². The van der Waals surface area contributed by atoms with Crippen LogP contribution in [0.2, 0.25) is 0 Å². The lowest BCUT2D eigenvalue weighted by Gasteiger charge is -2.19. The lowest BCUT2D eigenvalue weighted by atomic mass is 10.0. The summed E-state index contributed by atoms with van der Waals surface area (Å²) in [5, 5.41) is 0. The van der Waals surface area contributed by atoms with Crippen molar-refractivity contribution in [3.63, 3.8) is 0 Å². The van der Waals surface area contributed by atoms with Crippen LogP contribution < -0.4 is 14.2 Å². The van der Waals surface area contributed by atoms with Crippen molar-refractivity contribution in [3.05, 3.63) is 82.9 Å². The van der Waals surface area contributed by atoms with Gasteiger partial charge in [-0.2, -0.15) is 0 Å². The third-order valence-electron chi connectivity index (χ3n) is 6.31. The van der Waals surface area contributed by atoms with Crippen molar-refractivity contribution in [1.82, 2.24) is 0 Å². The molecule has 0 N–H and O–H groups in total. The highest BCUT2D eigenvalue weighted by atomic mass is 16.5. The number of carbonyl (C=O) groups excluding carboxylic acids is 1. The van der Waals surface area contributed by atoms with Crippen molar-refractivity contribution in [1.29, 1.82) is 0 Å². The monoisotopic (exact) mass is 504 g/mol. The number of esters is 1. The summed E-state index contributed by atoms with van der Waals surface area (Å²) in [6, 6.07) is 20.2. The Kier molecular flexibility index (Phi) is 10.9. The molecule has 0 fully saturated rings. The molecular formula is C32H40O5. The van der Waals surface area contributed by atoms with Crippen molar-refractivity contribution in [2.75, 3.05) is 13.2 Å². The molecule has 1 atom stereocenters. The zero-order valence-electron chi connectivity index (χ0n) is 22.8. The summed E-state index contributed by atoms with van der Waals surface area (Å²) < 4.78 is 23.6. The van der Waals surface area contributed by atoms with Crippen molar-refractivity contribution in [3.8, 4) is 23.0 Å². The van der Waals surface area contributed by atoms with E-state index in [0.29, 0.717) is 26.1 Å². The van der Waals surface area contributed by atoms with Gasteiger partial charge in [-0.1, -0.05) is 44.2 Å². The molecule has 198 valence electrons. The second-order valence-electron chi connectivity index (χ2n) is 9.16. The molecule has 5 heteroatoms. The van der Waals surface area contributed by atoms with Gasteiger partial charge in [0.15, 0.2) is 11.5 Å². The van der Waals surface area contributed by atoms with Crippen LogP contribution in [0.15, 0.2) is 60.7 Å².